The maximum absolute atomic E-state index is 13.9. The number of carboxylic acid groups (broad SMARTS) is 1. The summed E-state index contributed by atoms with van der Waals surface area (Å²) in [6, 6.07) is 18.0. The lowest BCUT2D eigenvalue weighted by atomic mass is 10.0. The Bertz CT molecular complexity index is 1530. The van der Waals surface area contributed by atoms with Crippen LogP contribution in [0.25, 0.3) is 22.1 Å². The van der Waals surface area contributed by atoms with Gasteiger partial charge >= 0.3 is 11.7 Å². The molecule has 0 amide bonds. The van der Waals surface area contributed by atoms with Gasteiger partial charge in [0.2, 0.25) is 0 Å². The minimum Gasteiger partial charge on any atom is -0.481 e. The fraction of sp³-hybridized carbons (Fsp3) is 0.192. The Hall–Kier alpha value is -4.13. The molecule has 0 bridgehead atoms. The van der Waals surface area contributed by atoms with Gasteiger partial charge in [-0.05, 0) is 43.2 Å². The maximum Gasteiger partial charge on any atom is 0.331 e. The average molecular weight is 441 g/mol. The minimum atomic E-state index is -0.979. The summed E-state index contributed by atoms with van der Waals surface area (Å²) in [6.07, 6.45) is 3.35. The number of benzene rings is 2. The predicted molar refractivity (Wildman–Crippen MR) is 128 cm³/mol. The topological polar surface area (TPSA) is 92.9 Å². The molecule has 1 unspecified atom stereocenters. The molecule has 2 N–H and O–H groups in total. The first-order chi connectivity index (χ1) is 16.0. The summed E-state index contributed by atoms with van der Waals surface area (Å²) < 4.78 is 3.24. The lowest BCUT2D eigenvalue weighted by molar-refractivity contribution is -0.137. The molecule has 0 saturated carbocycles. The molecule has 3 aromatic heterocycles. The van der Waals surface area contributed by atoms with E-state index in [2.05, 4.69) is 23.0 Å². The highest BCUT2D eigenvalue weighted by molar-refractivity contribution is 5.87. The third-order valence-corrected chi connectivity index (χ3v) is 6.31. The summed E-state index contributed by atoms with van der Waals surface area (Å²) in [5.41, 5.74) is 4.75. The molecule has 3 heterocycles. The summed E-state index contributed by atoms with van der Waals surface area (Å²) in [5, 5.41) is 10.7. The molecule has 0 spiro atoms. The number of nitrogens with zero attached hydrogens (tertiary/aromatic N) is 3. The highest BCUT2D eigenvalue weighted by atomic mass is 16.4. The molecular weight excluding hydrogens is 416 g/mol. The molecule has 0 aliphatic carbocycles. The van der Waals surface area contributed by atoms with Crippen LogP contribution in [0.15, 0.2) is 77.9 Å². The van der Waals surface area contributed by atoms with Gasteiger partial charge in [-0.2, -0.15) is 0 Å². The second-order valence-electron chi connectivity index (χ2n) is 8.31. The summed E-state index contributed by atoms with van der Waals surface area (Å²) in [5.74, 6) is -0.979. The zero-order valence-electron chi connectivity index (χ0n) is 18.4. The Balaban J connectivity index is 1.76. The van der Waals surface area contributed by atoms with E-state index >= 15 is 0 Å². The van der Waals surface area contributed by atoms with Crippen LogP contribution >= 0.6 is 0 Å². The van der Waals surface area contributed by atoms with Crippen LogP contribution < -0.4 is 5.69 Å². The average Bonchev–Trinajstić information content (AvgIpc) is 3.37. The van der Waals surface area contributed by atoms with Crippen molar-refractivity contribution in [3.8, 4) is 0 Å². The Morgan fingerprint density at radius 3 is 2.61 bits per heavy atom. The van der Waals surface area contributed by atoms with E-state index in [9.17, 15) is 14.7 Å². The molecule has 7 nitrogen and oxygen atoms in total. The molecule has 166 valence electrons. The molecule has 33 heavy (non-hydrogen) atoms. The number of nitrogens with one attached hydrogen (secondary N) is 1. The lowest BCUT2D eigenvalue weighted by Gasteiger charge is -2.17. The van der Waals surface area contributed by atoms with Gasteiger partial charge in [0.1, 0.15) is 0 Å². The monoisotopic (exact) mass is 440 g/mol. The van der Waals surface area contributed by atoms with E-state index in [-0.39, 0.29) is 18.2 Å². The van der Waals surface area contributed by atoms with Crippen LogP contribution in [0.4, 0.5) is 0 Å². The minimum absolute atomic E-state index is 0.222. The number of hydrogen-bond acceptors (Lipinski definition) is 3. The molecule has 0 fully saturated rings. The van der Waals surface area contributed by atoms with Gasteiger partial charge in [-0.1, -0.05) is 42.5 Å². The van der Waals surface area contributed by atoms with E-state index in [1.165, 1.54) is 4.57 Å². The van der Waals surface area contributed by atoms with Crippen molar-refractivity contribution in [1.29, 1.82) is 0 Å². The number of H-pyrrole nitrogens is 1. The zero-order valence-corrected chi connectivity index (χ0v) is 18.4. The van der Waals surface area contributed by atoms with E-state index < -0.39 is 12.0 Å². The number of pyridine rings is 1. The summed E-state index contributed by atoms with van der Waals surface area (Å²) in [4.78, 5) is 33.5. The van der Waals surface area contributed by atoms with Gasteiger partial charge in [0.25, 0.3) is 0 Å². The summed E-state index contributed by atoms with van der Waals surface area (Å²) >= 11 is 0. The van der Waals surface area contributed by atoms with E-state index in [1.54, 1.807) is 16.8 Å². The molecule has 2 aromatic carbocycles. The standard InChI is InChI=1S/C26H24N4O3/c1-16-8-6-11-20-24(16)19(15-28-20)17(2)29-21-12-7-13-27-25(21)30(26(29)33)22(14-23(31)32)18-9-4-3-5-10-18/h3-13,15,17,22,28H,14H2,1-2H3,(H,31,32)/t17?,22-/m1/s1. The first-order valence-electron chi connectivity index (χ1n) is 10.9. The van der Waals surface area contributed by atoms with Crippen molar-refractivity contribution in [2.24, 2.45) is 0 Å². The third kappa shape index (κ3) is 3.42. The Morgan fingerprint density at radius 1 is 1.06 bits per heavy atom. The van der Waals surface area contributed by atoms with Crippen molar-refractivity contribution in [2.75, 3.05) is 0 Å². The molecule has 5 rings (SSSR count). The van der Waals surface area contributed by atoms with Crippen molar-refractivity contribution in [3.63, 3.8) is 0 Å². The van der Waals surface area contributed by atoms with Gasteiger partial charge < -0.3 is 10.1 Å². The zero-order chi connectivity index (χ0) is 23.1. The van der Waals surface area contributed by atoms with Gasteiger partial charge in [0.15, 0.2) is 5.65 Å². The Morgan fingerprint density at radius 2 is 1.85 bits per heavy atom. The summed E-state index contributed by atoms with van der Waals surface area (Å²) in [6.45, 7) is 4.04. The van der Waals surface area contributed by atoms with Gasteiger partial charge in [-0.25, -0.2) is 9.78 Å². The van der Waals surface area contributed by atoms with Crippen LogP contribution in [0, 0.1) is 6.92 Å². The van der Waals surface area contributed by atoms with Gasteiger partial charge in [0.05, 0.1) is 24.0 Å². The fourth-order valence-electron chi connectivity index (χ4n) is 4.79. The Kier molecular flexibility index (Phi) is 5.09. The van der Waals surface area contributed by atoms with Crippen molar-refractivity contribution < 1.29 is 9.90 Å². The lowest BCUT2D eigenvalue weighted by Crippen LogP contribution is -2.31. The highest BCUT2D eigenvalue weighted by Crippen LogP contribution is 2.32. The van der Waals surface area contributed by atoms with Crippen molar-refractivity contribution >= 4 is 28.0 Å². The van der Waals surface area contributed by atoms with E-state index in [0.717, 1.165) is 27.6 Å². The highest BCUT2D eigenvalue weighted by Gasteiger charge is 2.27. The van der Waals surface area contributed by atoms with Crippen LogP contribution in [-0.2, 0) is 4.79 Å². The first-order valence-corrected chi connectivity index (χ1v) is 10.9. The normalized spacial score (nSPS) is 13.4. The molecule has 5 aromatic rings. The second kappa shape index (κ2) is 8.09. The fourth-order valence-corrected chi connectivity index (χ4v) is 4.79. The summed E-state index contributed by atoms with van der Waals surface area (Å²) in [7, 11) is 0. The number of aromatic nitrogens is 4. The first kappa shape index (κ1) is 20.8. The molecule has 0 aliphatic rings. The number of aliphatic carboxylic acids is 1. The predicted octanol–water partition coefficient (Wildman–Crippen LogP) is 4.66. The largest absolute Gasteiger partial charge is 0.481 e. The number of rotatable bonds is 6. The van der Waals surface area contributed by atoms with Crippen molar-refractivity contribution in [2.45, 2.75) is 32.4 Å². The van der Waals surface area contributed by atoms with Crippen LogP contribution in [0.2, 0.25) is 0 Å². The molecule has 2 atom stereocenters. The molecule has 0 aliphatic heterocycles. The quantitative estimate of drug-likeness (QED) is 0.402. The second-order valence-corrected chi connectivity index (χ2v) is 8.31. The van der Waals surface area contributed by atoms with Gasteiger partial charge in [-0.3, -0.25) is 13.9 Å². The van der Waals surface area contributed by atoms with Crippen LogP contribution in [0.1, 0.15) is 42.1 Å². The van der Waals surface area contributed by atoms with E-state index in [4.69, 9.17) is 0 Å². The maximum atomic E-state index is 13.9. The molecular formula is C26H24N4O3. The van der Waals surface area contributed by atoms with Crippen molar-refractivity contribution in [1.82, 2.24) is 19.1 Å². The number of carbonyl (C=O) groups is 1. The van der Waals surface area contributed by atoms with Crippen LogP contribution in [0.3, 0.4) is 0 Å². The number of aryl methyl sites for hydroxylation is 1. The SMILES string of the molecule is Cc1cccc2[nH]cc(C(C)n3c(=O)n([C@H](CC(=O)O)c4ccccc4)c4ncccc43)c12. The van der Waals surface area contributed by atoms with E-state index in [0.29, 0.717) is 11.2 Å². The molecule has 0 radical (unpaired) electrons. The van der Waals surface area contributed by atoms with Gasteiger partial charge in [0, 0.05) is 28.9 Å². The van der Waals surface area contributed by atoms with Crippen LogP contribution in [-0.4, -0.2) is 30.2 Å². The third-order valence-electron chi connectivity index (χ3n) is 6.31. The number of fused-ring (bicyclic) bond motifs is 2. The smallest absolute Gasteiger partial charge is 0.331 e. The number of aromatic amines is 1. The Labute approximate surface area is 189 Å². The van der Waals surface area contributed by atoms with Gasteiger partial charge in [-0.15, -0.1) is 0 Å². The number of imidazole rings is 1. The number of carboxylic acids is 1. The van der Waals surface area contributed by atoms with Crippen molar-refractivity contribution in [3.05, 3.63) is 100 Å². The van der Waals surface area contributed by atoms with Crippen LogP contribution in [0.5, 0.6) is 0 Å². The van der Waals surface area contributed by atoms with E-state index in [1.807, 2.05) is 61.7 Å². The molecule has 0 saturated heterocycles. The molecule has 7 heteroatoms. The number of hydrogen-bond donors (Lipinski definition) is 2.